The molecule has 1 atom stereocenters. The number of nitrogens with zero attached hydrogens (tertiary/aromatic N) is 1. The molecule has 1 aromatic carbocycles. The van der Waals surface area contributed by atoms with Gasteiger partial charge in [0.1, 0.15) is 12.3 Å². The number of hydrogen-bond acceptors (Lipinski definition) is 3. The Morgan fingerprint density at radius 1 is 1.36 bits per heavy atom. The van der Waals surface area contributed by atoms with Gasteiger partial charge in [-0.05, 0) is 24.3 Å². The smallest absolute Gasteiger partial charge is 0.406 e. The van der Waals surface area contributed by atoms with Crippen molar-refractivity contribution in [3.05, 3.63) is 29.8 Å². The number of rotatable bonds is 4. The van der Waals surface area contributed by atoms with Crippen LogP contribution in [0, 0.1) is 0 Å². The highest BCUT2D eigenvalue weighted by Crippen LogP contribution is 2.21. The number of hydrogen-bond donors (Lipinski definition) is 1. The maximum Gasteiger partial charge on any atom is 0.406 e. The van der Waals surface area contributed by atoms with Crippen molar-refractivity contribution < 1.29 is 27.5 Å². The number of nitrogens with one attached hydrogen (secondary N) is 1. The second-order valence-corrected chi connectivity index (χ2v) is 4.99. The Hall–Kier alpha value is -2.25. The Labute approximate surface area is 125 Å². The average molecular weight is 316 g/mol. The van der Waals surface area contributed by atoms with Gasteiger partial charge >= 0.3 is 6.18 Å². The molecule has 5 nitrogen and oxygen atoms in total. The summed E-state index contributed by atoms with van der Waals surface area (Å²) in [6, 6.07) is 5.66. The van der Waals surface area contributed by atoms with Crippen LogP contribution in [0.4, 0.5) is 13.2 Å². The van der Waals surface area contributed by atoms with Gasteiger partial charge in [0, 0.05) is 18.5 Å². The number of ether oxygens (including phenoxy) is 1. The second-order valence-electron chi connectivity index (χ2n) is 4.99. The fourth-order valence-electron chi connectivity index (χ4n) is 2.25. The van der Waals surface area contributed by atoms with Gasteiger partial charge in [0.2, 0.25) is 5.91 Å². The van der Waals surface area contributed by atoms with Crippen LogP contribution in [0.15, 0.2) is 24.3 Å². The van der Waals surface area contributed by atoms with E-state index in [9.17, 15) is 22.8 Å². The van der Waals surface area contributed by atoms with Gasteiger partial charge in [0.15, 0.2) is 0 Å². The molecule has 8 heteroatoms. The van der Waals surface area contributed by atoms with Crippen molar-refractivity contribution in [1.29, 1.82) is 0 Å². The number of benzene rings is 1. The Kier molecular flexibility index (Phi) is 4.58. The van der Waals surface area contributed by atoms with E-state index in [0.717, 1.165) is 0 Å². The molecule has 2 amide bonds. The summed E-state index contributed by atoms with van der Waals surface area (Å²) in [6.07, 6.45) is -4.57. The third kappa shape index (κ3) is 4.12. The van der Waals surface area contributed by atoms with Gasteiger partial charge in [-0.1, -0.05) is 0 Å². The maximum absolute atomic E-state index is 12.3. The lowest BCUT2D eigenvalue weighted by atomic mass is 10.2. The van der Waals surface area contributed by atoms with Crippen LogP contribution < -0.4 is 10.1 Å². The van der Waals surface area contributed by atoms with Gasteiger partial charge in [0.05, 0.1) is 13.2 Å². The molecule has 0 bridgehead atoms. The molecule has 1 fully saturated rings. The Morgan fingerprint density at radius 3 is 2.55 bits per heavy atom. The molecule has 0 aliphatic carbocycles. The van der Waals surface area contributed by atoms with E-state index in [0.29, 0.717) is 16.2 Å². The normalized spacial score (nSPS) is 18.5. The highest BCUT2D eigenvalue weighted by Gasteiger charge is 2.38. The van der Waals surface area contributed by atoms with Crippen LogP contribution in [0.25, 0.3) is 0 Å². The third-order valence-corrected chi connectivity index (χ3v) is 3.27. The SMILES string of the molecule is COc1ccc(C(=O)NC2CC(=O)N(CC(F)(F)F)C2)cc1. The van der Waals surface area contributed by atoms with Gasteiger partial charge in [0.25, 0.3) is 5.91 Å². The lowest BCUT2D eigenvalue weighted by Crippen LogP contribution is -2.39. The van der Waals surface area contributed by atoms with E-state index < -0.39 is 30.6 Å². The molecule has 2 rings (SSSR count). The zero-order valence-electron chi connectivity index (χ0n) is 11.8. The molecule has 120 valence electrons. The number of methoxy groups -OCH3 is 1. The minimum Gasteiger partial charge on any atom is -0.497 e. The monoisotopic (exact) mass is 316 g/mol. The lowest BCUT2D eigenvalue weighted by molar-refractivity contribution is -0.157. The van der Waals surface area contributed by atoms with Gasteiger partial charge in [-0.3, -0.25) is 9.59 Å². The molecular weight excluding hydrogens is 301 g/mol. The largest absolute Gasteiger partial charge is 0.497 e. The van der Waals surface area contributed by atoms with Crippen molar-refractivity contribution in [2.45, 2.75) is 18.6 Å². The number of likely N-dealkylation sites (tertiary alicyclic amines) is 1. The Balaban J connectivity index is 1.93. The van der Waals surface area contributed by atoms with Crippen LogP contribution in [0.2, 0.25) is 0 Å². The molecule has 1 aliphatic heterocycles. The van der Waals surface area contributed by atoms with Gasteiger partial charge in [-0.2, -0.15) is 13.2 Å². The lowest BCUT2D eigenvalue weighted by Gasteiger charge is -2.18. The fourth-order valence-corrected chi connectivity index (χ4v) is 2.25. The standard InChI is InChI=1S/C14H15F3N2O3/c1-22-11-4-2-9(3-5-11)13(21)18-10-6-12(20)19(7-10)8-14(15,16)17/h2-5,10H,6-8H2,1H3,(H,18,21). The van der Waals surface area contributed by atoms with E-state index >= 15 is 0 Å². The molecule has 1 heterocycles. The number of carbonyl (C=O) groups excluding carboxylic acids is 2. The summed E-state index contributed by atoms with van der Waals surface area (Å²) in [6.45, 7) is -1.43. The van der Waals surface area contributed by atoms with E-state index in [-0.39, 0.29) is 13.0 Å². The Bertz CT molecular complexity index is 557. The minimum atomic E-state index is -4.44. The quantitative estimate of drug-likeness (QED) is 0.918. The van der Waals surface area contributed by atoms with E-state index in [4.69, 9.17) is 4.74 Å². The van der Waals surface area contributed by atoms with E-state index in [2.05, 4.69) is 5.32 Å². The molecule has 0 saturated carbocycles. The second kappa shape index (κ2) is 6.25. The van der Waals surface area contributed by atoms with E-state index in [1.165, 1.54) is 7.11 Å². The summed E-state index contributed by atoms with van der Waals surface area (Å²) in [5.41, 5.74) is 0.350. The first-order chi connectivity index (χ1) is 10.3. The summed E-state index contributed by atoms with van der Waals surface area (Å²) in [4.78, 5) is 24.2. The summed E-state index contributed by atoms with van der Waals surface area (Å²) >= 11 is 0. The molecule has 0 radical (unpaired) electrons. The van der Waals surface area contributed by atoms with Gasteiger partial charge in [-0.15, -0.1) is 0 Å². The first kappa shape index (κ1) is 16.1. The summed E-state index contributed by atoms with van der Waals surface area (Å²) in [5.74, 6) is -0.462. The molecule has 1 aliphatic rings. The minimum absolute atomic E-state index is 0.127. The molecule has 1 N–H and O–H groups in total. The van der Waals surface area contributed by atoms with Crippen LogP contribution in [0.1, 0.15) is 16.8 Å². The van der Waals surface area contributed by atoms with E-state index in [1.54, 1.807) is 24.3 Å². The van der Waals surface area contributed by atoms with Crippen molar-refractivity contribution in [3.63, 3.8) is 0 Å². The molecule has 1 unspecified atom stereocenters. The van der Waals surface area contributed by atoms with Crippen LogP contribution in [-0.4, -0.2) is 49.1 Å². The van der Waals surface area contributed by atoms with Crippen LogP contribution >= 0.6 is 0 Å². The van der Waals surface area contributed by atoms with E-state index in [1.807, 2.05) is 0 Å². The van der Waals surface area contributed by atoms with Crippen molar-refractivity contribution in [2.24, 2.45) is 0 Å². The molecule has 22 heavy (non-hydrogen) atoms. The fraction of sp³-hybridized carbons (Fsp3) is 0.429. The first-order valence-corrected chi connectivity index (χ1v) is 6.58. The number of carbonyl (C=O) groups is 2. The summed E-state index contributed by atoms with van der Waals surface area (Å²) < 4.78 is 41.9. The summed E-state index contributed by atoms with van der Waals surface area (Å²) in [5, 5.41) is 2.57. The Morgan fingerprint density at radius 2 is 2.00 bits per heavy atom. The molecule has 0 spiro atoms. The number of alkyl halides is 3. The predicted molar refractivity (Wildman–Crippen MR) is 71.5 cm³/mol. The zero-order valence-corrected chi connectivity index (χ0v) is 11.8. The highest BCUT2D eigenvalue weighted by atomic mass is 19.4. The van der Waals surface area contributed by atoms with Crippen LogP contribution in [-0.2, 0) is 4.79 Å². The predicted octanol–water partition coefficient (Wildman–Crippen LogP) is 1.59. The molecule has 1 saturated heterocycles. The third-order valence-electron chi connectivity index (χ3n) is 3.27. The number of amides is 2. The topological polar surface area (TPSA) is 58.6 Å². The van der Waals surface area contributed by atoms with Gasteiger partial charge in [-0.25, -0.2) is 0 Å². The molecule has 0 aromatic heterocycles. The van der Waals surface area contributed by atoms with Crippen LogP contribution in [0.3, 0.4) is 0 Å². The van der Waals surface area contributed by atoms with Crippen molar-refractivity contribution in [1.82, 2.24) is 10.2 Å². The van der Waals surface area contributed by atoms with Crippen molar-refractivity contribution in [3.8, 4) is 5.75 Å². The van der Waals surface area contributed by atoms with Gasteiger partial charge < -0.3 is 15.0 Å². The van der Waals surface area contributed by atoms with Crippen LogP contribution in [0.5, 0.6) is 5.75 Å². The maximum atomic E-state index is 12.3. The average Bonchev–Trinajstić information content (AvgIpc) is 2.76. The van der Waals surface area contributed by atoms with Crippen molar-refractivity contribution >= 4 is 11.8 Å². The first-order valence-electron chi connectivity index (χ1n) is 6.58. The molecular formula is C14H15F3N2O3. The molecule has 1 aromatic rings. The zero-order chi connectivity index (χ0) is 16.3. The van der Waals surface area contributed by atoms with Crippen molar-refractivity contribution in [2.75, 3.05) is 20.2 Å². The summed E-state index contributed by atoms with van der Waals surface area (Å²) in [7, 11) is 1.49. The number of halogens is 3. The highest BCUT2D eigenvalue weighted by molar-refractivity contribution is 5.95.